The second-order valence-corrected chi connectivity index (χ2v) is 5.32. The molecule has 6 nitrogen and oxygen atoms in total. The van der Waals surface area contributed by atoms with Gasteiger partial charge in [-0.05, 0) is 30.3 Å². The molecule has 7 heteroatoms. The van der Waals surface area contributed by atoms with Crippen molar-refractivity contribution in [3.63, 3.8) is 0 Å². The van der Waals surface area contributed by atoms with Gasteiger partial charge < -0.3 is 10.6 Å². The summed E-state index contributed by atoms with van der Waals surface area (Å²) in [7, 11) is 1.61. The summed E-state index contributed by atoms with van der Waals surface area (Å²) in [6.07, 6.45) is 0. The van der Waals surface area contributed by atoms with E-state index in [1.54, 1.807) is 37.4 Å². The first-order valence-corrected chi connectivity index (χ1v) is 7.50. The maximum atomic E-state index is 13.2. The number of nitrogens with one attached hydrogen (secondary N) is 2. The van der Waals surface area contributed by atoms with Crippen LogP contribution in [0.5, 0.6) is 0 Å². The number of amides is 2. The van der Waals surface area contributed by atoms with E-state index in [1.807, 2.05) is 6.07 Å². The maximum Gasteiger partial charge on any atom is 0.276 e. The van der Waals surface area contributed by atoms with Gasteiger partial charge in [0.1, 0.15) is 11.6 Å². The summed E-state index contributed by atoms with van der Waals surface area (Å²) in [5.74, 6) is -0.880. The average Bonchev–Trinajstić information content (AvgIpc) is 2.96. The largest absolute Gasteiger partial charge is 0.320 e. The number of aryl methyl sites for hydroxylation is 1. The minimum absolute atomic E-state index is 0.107. The Kier molecular flexibility index (Phi) is 4.56. The molecule has 0 atom stereocenters. The molecule has 0 saturated heterocycles. The fourth-order valence-corrected chi connectivity index (χ4v) is 2.23. The molecule has 0 fully saturated rings. The van der Waals surface area contributed by atoms with Crippen molar-refractivity contribution in [1.29, 1.82) is 0 Å². The van der Waals surface area contributed by atoms with E-state index in [4.69, 9.17) is 0 Å². The molecule has 3 rings (SSSR count). The molecule has 0 spiro atoms. The van der Waals surface area contributed by atoms with Gasteiger partial charge in [0.25, 0.3) is 11.8 Å². The lowest BCUT2D eigenvalue weighted by Gasteiger charge is -2.04. The summed E-state index contributed by atoms with van der Waals surface area (Å²) in [6.45, 7) is 0. The predicted octanol–water partition coefficient (Wildman–Crippen LogP) is 3.06. The second kappa shape index (κ2) is 6.96. The third kappa shape index (κ3) is 3.89. The molecular formula is C18H15FN4O2. The summed E-state index contributed by atoms with van der Waals surface area (Å²) in [5.41, 5.74) is 0.926. The number of carbonyl (C=O) groups excluding carboxylic acids is 2. The molecular weight excluding hydrogens is 323 g/mol. The zero-order chi connectivity index (χ0) is 17.8. The summed E-state index contributed by atoms with van der Waals surface area (Å²) < 4.78 is 14.6. The quantitative estimate of drug-likeness (QED) is 0.768. The Hall–Kier alpha value is -3.48. The molecule has 2 N–H and O–H groups in total. The Bertz CT molecular complexity index is 922. The van der Waals surface area contributed by atoms with Crippen molar-refractivity contribution in [2.24, 2.45) is 7.05 Å². The highest BCUT2D eigenvalue weighted by Gasteiger charge is 2.15. The van der Waals surface area contributed by atoms with E-state index < -0.39 is 11.7 Å². The molecule has 0 aliphatic rings. The Labute approximate surface area is 143 Å². The number of hydrogen-bond donors (Lipinski definition) is 2. The Morgan fingerprint density at radius 2 is 1.72 bits per heavy atom. The maximum absolute atomic E-state index is 13.2. The normalized spacial score (nSPS) is 10.3. The minimum atomic E-state index is -0.499. The SMILES string of the molecule is Cn1nc(C(=O)Nc2cccc(F)c2)cc1NC(=O)c1ccccc1. The van der Waals surface area contributed by atoms with Crippen molar-refractivity contribution in [3.05, 3.63) is 77.7 Å². The fourth-order valence-electron chi connectivity index (χ4n) is 2.23. The highest BCUT2D eigenvalue weighted by atomic mass is 19.1. The Morgan fingerprint density at radius 1 is 0.960 bits per heavy atom. The summed E-state index contributed by atoms with van der Waals surface area (Å²) in [4.78, 5) is 24.4. The number of aromatic nitrogens is 2. The van der Waals surface area contributed by atoms with E-state index in [0.717, 1.165) is 0 Å². The van der Waals surface area contributed by atoms with Crippen LogP contribution >= 0.6 is 0 Å². The first kappa shape index (κ1) is 16.4. The van der Waals surface area contributed by atoms with E-state index in [1.165, 1.54) is 28.9 Å². The van der Waals surface area contributed by atoms with Crippen LogP contribution in [0.25, 0.3) is 0 Å². The van der Waals surface area contributed by atoms with Gasteiger partial charge in [-0.15, -0.1) is 0 Å². The van der Waals surface area contributed by atoms with Crippen LogP contribution in [0.4, 0.5) is 15.9 Å². The lowest BCUT2D eigenvalue weighted by molar-refractivity contribution is 0.101. The van der Waals surface area contributed by atoms with Crippen molar-refractivity contribution in [2.45, 2.75) is 0 Å². The van der Waals surface area contributed by atoms with E-state index in [2.05, 4.69) is 15.7 Å². The Morgan fingerprint density at radius 3 is 2.44 bits per heavy atom. The summed E-state index contributed by atoms with van der Waals surface area (Å²) >= 11 is 0. The number of carbonyl (C=O) groups is 2. The standard InChI is InChI=1S/C18H15FN4O2/c1-23-16(21-17(24)12-6-3-2-4-7-12)11-15(22-23)18(25)20-14-9-5-8-13(19)10-14/h2-11H,1H3,(H,20,25)(H,21,24). The van der Waals surface area contributed by atoms with Gasteiger partial charge in [0.2, 0.25) is 0 Å². The lowest BCUT2D eigenvalue weighted by Crippen LogP contribution is -2.14. The minimum Gasteiger partial charge on any atom is -0.320 e. The zero-order valence-corrected chi connectivity index (χ0v) is 13.4. The Balaban J connectivity index is 1.73. The van der Waals surface area contributed by atoms with Crippen molar-refractivity contribution in [2.75, 3.05) is 10.6 Å². The molecule has 1 aromatic heterocycles. The zero-order valence-electron chi connectivity index (χ0n) is 13.4. The van der Waals surface area contributed by atoms with Crippen LogP contribution in [0.2, 0.25) is 0 Å². The molecule has 3 aromatic rings. The molecule has 1 heterocycles. The molecule has 0 unspecified atom stereocenters. The van der Waals surface area contributed by atoms with Crippen LogP contribution in [0.15, 0.2) is 60.7 Å². The molecule has 2 aromatic carbocycles. The second-order valence-electron chi connectivity index (χ2n) is 5.32. The van der Waals surface area contributed by atoms with Gasteiger partial charge in [0.15, 0.2) is 5.69 Å². The molecule has 2 amide bonds. The van der Waals surface area contributed by atoms with Crippen LogP contribution in [0.1, 0.15) is 20.8 Å². The highest BCUT2D eigenvalue weighted by molar-refractivity contribution is 6.06. The lowest BCUT2D eigenvalue weighted by atomic mass is 10.2. The van der Waals surface area contributed by atoms with E-state index in [0.29, 0.717) is 17.1 Å². The summed E-state index contributed by atoms with van der Waals surface area (Å²) in [5, 5.41) is 9.33. The van der Waals surface area contributed by atoms with Crippen molar-refractivity contribution in [3.8, 4) is 0 Å². The fraction of sp³-hybridized carbons (Fsp3) is 0.0556. The first-order chi connectivity index (χ1) is 12.0. The molecule has 0 radical (unpaired) electrons. The van der Waals surface area contributed by atoms with Crippen LogP contribution < -0.4 is 10.6 Å². The molecule has 0 bridgehead atoms. The summed E-state index contributed by atoms with van der Waals surface area (Å²) in [6, 6.07) is 15.7. The third-order valence-corrected chi connectivity index (χ3v) is 3.47. The van der Waals surface area contributed by atoms with E-state index in [-0.39, 0.29) is 11.6 Å². The van der Waals surface area contributed by atoms with Crippen molar-refractivity contribution < 1.29 is 14.0 Å². The monoisotopic (exact) mass is 338 g/mol. The number of nitrogens with zero attached hydrogens (tertiary/aromatic N) is 2. The molecule has 126 valence electrons. The van der Waals surface area contributed by atoms with Gasteiger partial charge in [-0.3, -0.25) is 14.3 Å². The van der Waals surface area contributed by atoms with Crippen LogP contribution in [-0.2, 0) is 7.05 Å². The highest BCUT2D eigenvalue weighted by Crippen LogP contribution is 2.14. The van der Waals surface area contributed by atoms with E-state index in [9.17, 15) is 14.0 Å². The molecule has 0 aliphatic carbocycles. The third-order valence-electron chi connectivity index (χ3n) is 3.47. The molecule has 25 heavy (non-hydrogen) atoms. The number of benzene rings is 2. The molecule has 0 saturated carbocycles. The average molecular weight is 338 g/mol. The van der Waals surface area contributed by atoms with E-state index >= 15 is 0 Å². The smallest absolute Gasteiger partial charge is 0.276 e. The number of halogens is 1. The topological polar surface area (TPSA) is 76.0 Å². The van der Waals surface area contributed by atoms with Crippen LogP contribution in [0, 0.1) is 5.82 Å². The first-order valence-electron chi connectivity index (χ1n) is 7.50. The van der Waals surface area contributed by atoms with Crippen molar-refractivity contribution in [1.82, 2.24) is 9.78 Å². The number of anilines is 2. The number of hydrogen-bond acceptors (Lipinski definition) is 3. The van der Waals surface area contributed by atoms with Crippen molar-refractivity contribution >= 4 is 23.3 Å². The van der Waals surface area contributed by atoms with Gasteiger partial charge in [-0.25, -0.2) is 4.39 Å². The van der Waals surface area contributed by atoms with Crippen LogP contribution in [0.3, 0.4) is 0 Å². The number of rotatable bonds is 4. The van der Waals surface area contributed by atoms with Gasteiger partial charge in [0, 0.05) is 24.4 Å². The van der Waals surface area contributed by atoms with Gasteiger partial charge in [0.05, 0.1) is 0 Å². The van der Waals surface area contributed by atoms with Gasteiger partial charge in [-0.2, -0.15) is 5.10 Å². The van der Waals surface area contributed by atoms with Gasteiger partial charge >= 0.3 is 0 Å². The van der Waals surface area contributed by atoms with Gasteiger partial charge in [-0.1, -0.05) is 24.3 Å². The predicted molar refractivity (Wildman–Crippen MR) is 92.0 cm³/mol. The van der Waals surface area contributed by atoms with Crippen LogP contribution in [-0.4, -0.2) is 21.6 Å². The molecule has 0 aliphatic heterocycles.